The predicted molar refractivity (Wildman–Crippen MR) is 83.4 cm³/mol. The van der Waals surface area contributed by atoms with E-state index in [4.69, 9.17) is 4.74 Å². The Morgan fingerprint density at radius 1 is 1.38 bits per heavy atom. The van der Waals surface area contributed by atoms with Crippen LogP contribution in [0.1, 0.15) is 37.8 Å². The van der Waals surface area contributed by atoms with Gasteiger partial charge >= 0.3 is 6.03 Å². The number of aryl methyl sites for hydroxylation is 1. The van der Waals surface area contributed by atoms with Gasteiger partial charge in [-0.3, -0.25) is 5.32 Å². The molecule has 0 atom stereocenters. The zero-order valence-electron chi connectivity index (χ0n) is 12.9. The van der Waals surface area contributed by atoms with E-state index in [0.717, 1.165) is 18.7 Å². The van der Waals surface area contributed by atoms with E-state index in [-0.39, 0.29) is 11.4 Å². The number of amides is 2. The smallest absolute Gasteiger partial charge is 0.320 e. The summed E-state index contributed by atoms with van der Waals surface area (Å²) < 4.78 is 5.21. The third kappa shape index (κ3) is 4.70. The standard InChI is InChI=1S/C16H25N3O2/c1-13-6-5-7-14(18-13)19-15(20)17-12-16(10-11-21-2)8-3-4-9-16/h5-7H,3-4,8-12H2,1-2H3,(H2,17,18,19,20). The van der Waals surface area contributed by atoms with Crippen LogP contribution in [0.2, 0.25) is 0 Å². The molecule has 0 spiro atoms. The molecule has 21 heavy (non-hydrogen) atoms. The number of hydrogen-bond acceptors (Lipinski definition) is 3. The van der Waals surface area contributed by atoms with Crippen molar-refractivity contribution in [2.75, 3.05) is 25.6 Å². The molecule has 1 heterocycles. The lowest BCUT2D eigenvalue weighted by Crippen LogP contribution is -2.39. The van der Waals surface area contributed by atoms with Gasteiger partial charge in [0, 0.05) is 26.0 Å². The van der Waals surface area contributed by atoms with Crippen LogP contribution < -0.4 is 10.6 Å². The van der Waals surface area contributed by atoms with Crippen molar-refractivity contribution < 1.29 is 9.53 Å². The highest BCUT2D eigenvalue weighted by Crippen LogP contribution is 2.40. The maximum absolute atomic E-state index is 12.0. The minimum Gasteiger partial charge on any atom is -0.385 e. The lowest BCUT2D eigenvalue weighted by atomic mass is 9.83. The van der Waals surface area contributed by atoms with Crippen LogP contribution in [0.3, 0.4) is 0 Å². The molecular formula is C16H25N3O2. The van der Waals surface area contributed by atoms with Gasteiger partial charge in [0.25, 0.3) is 0 Å². The first-order valence-corrected chi connectivity index (χ1v) is 7.61. The number of nitrogens with one attached hydrogen (secondary N) is 2. The van der Waals surface area contributed by atoms with Gasteiger partial charge in [0.1, 0.15) is 5.82 Å². The van der Waals surface area contributed by atoms with Gasteiger partial charge < -0.3 is 10.1 Å². The summed E-state index contributed by atoms with van der Waals surface area (Å²) in [5, 5.41) is 5.78. The number of rotatable bonds is 6. The molecule has 0 aromatic carbocycles. The van der Waals surface area contributed by atoms with Crippen LogP contribution in [0, 0.1) is 12.3 Å². The summed E-state index contributed by atoms with van der Waals surface area (Å²) in [6.07, 6.45) is 5.82. The van der Waals surface area contributed by atoms with Crippen LogP contribution in [0.5, 0.6) is 0 Å². The summed E-state index contributed by atoms with van der Waals surface area (Å²) >= 11 is 0. The molecule has 1 saturated carbocycles. The Morgan fingerprint density at radius 2 is 2.14 bits per heavy atom. The molecule has 1 aliphatic rings. The van der Waals surface area contributed by atoms with Gasteiger partial charge in [0.15, 0.2) is 0 Å². The fraction of sp³-hybridized carbons (Fsp3) is 0.625. The van der Waals surface area contributed by atoms with Crippen molar-refractivity contribution in [3.8, 4) is 0 Å². The van der Waals surface area contributed by atoms with Crippen molar-refractivity contribution >= 4 is 11.8 Å². The van der Waals surface area contributed by atoms with E-state index in [1.807, 2.05) is 19.1 Å². The molecule has 0 aliphatic heterocycles. The van der Waals surface area contributed by atoms with Crippen LogP contribution in [-0.2, 0) is 4.74 Å². The highest BCUT2D eigenvalue weighted by molar-refractivity contribution is 5.88. The largest absolute Gasteiger partial charge is 0.385 e. The van der Waals surface area contributed by atoms with Gasteiger partial charge in [-0.05, 0) is 43.7 Å². The number of methoxy groups -OCH3 is 1. The molecule has 1 aromatic heterocycles. The van der Waals surface area contributed by atoms with Gasteiger partial charge in [-0.2, -0.15) is 0 Å². The number of anilines is 1. The second-order valence-corrected chi connectivity index (χ2v) is 5.92. The second kappa shape index (κ2) is 7.41. The average Bonchev–Trinajstić information content (AvgIpc) is 2.92. The maximum atomic E-state index is 12.0. The summed E-state index contributed by atoms with van der Waals surface area (Å²) in [5.74, 6) is 0.588. The quantitative estimate of drug-likeness (QED) is 0.846. The fourth-order valence-corrected chi connectivity index (χ4v) is 3.00. The molecule has 0 radical (unpaired) electrons. The number of carbonyl (C=O) groups is 1. The highest BCUT2D eigenvalue weighted by Gasteiger charge is 2.33. The lowest BCUT2D eigenvalue weighted by Gasteiger charge is -2.29. The number of pyridine rings is 1. The summed E-state index contributed by atoms with van der Waals surface area (Å²) in [4.78, 5) is 16.3. The summed E-state index contributed by atoms with van der Waals surface area (Å²) in [6.45, 7) is 3.36. The van der Waals surface area contributed by atoms with E-state index in [1.165, 1.54) is 25.7 Å². The molecule has 0 unspecified atom stereocenters. The first-order chi connectivity index (χ1) is 10.1. The van der Waals surface area contributed by atoms with Crippen LogP contribution in [0.25, 0.3) is 0 Å². The van der Waals surface area contributed by atoms with Gasteiger partial charge in [-0.15, -0.1) is 0 Å². The molecule has 1 aromatic rings. The van der Waals surface area contributed by atoms with Crippen LogP contribution in [0.4, 0.5) is 10.6 Å². The van der Waals surface area contributed by atoms with Crippen molar-refractivity contribution in [2.24, 2.45) is 5.41 Å². The Hall–Kier alpha value is -1.62. The highest BCUT2D eigenvalue weighted by atomic mass is 16.5. The molecule has 5 heteroatoms. The molecular weight excluding hydrogens is 266 g/mol. The number of ether oxygens (including phenoxy) is 1. The third-order valence-corrected chi connectivity index (χ3v) is 4.25. The second-order valence-electron chi connectivity index (χ2n) is 5.92. The molecule has 116 valence electrons. The summed E-state index contributed by atoms with van der Waals surface area (Å²) in [6, 6.07) is 5.40. The van der Waals surface area contributed by atoms with E-state index in [9.17, 15) is 4.79 Å². The number of hydrogen-bond donors (Lipinski definition) is 2. The van der Waals surface area contributed by atoms with Crippen LogP contribution >= 0.6 is 0 Å². The van der Waals surface area contributed by atoms with E-state index in [2.05, 4.69) is 15.6 Å². The minimum absolute atomic E-state index is 0.184. The Morgan fingerprint density at radius 3 is 2.81 bits per heavy atom. The van der Waals surface area contributed by atoms with Gasteiger partial charge in [-0.1, -0.05) is 18.9 Å². The Balaban J connectivity index is 1.84. The molecule has 0 bridgehead atoms. The first-order valence-electron chi connectivity index (χ1n) is 7.61. The third-order valence-electron chi connectivity index (χ3n) is 4.25. The number of nitrogens with zero attached hydrogens (tertiary/aromatic N) is 1. The fourth-order valence-electron chi connectivity index (χ4n) is 3.00. The van der Waals surface area contributed by atoms with E-state index >= 15 is 0 Å². The Bertz CT molecular complexity index is 470. The molecule has 1 fully saturated rings. The van der Waals surface area contributed by atoms with Crippen molar-refractivity contribution in [1.29, 1.82) is 0 Å². The molecule has 5 nitrogen and oxygen atoms in total. The van der Waals surface area contributed by atoms with Gasteiger partial charge in [0.2, 0.25) is 0 Å². The van der Waals surface area contributed by atoms with Gasteiger partial charge in [-0.25, -0.2) is 9.78 Å². The minimum atomic E-state index is -0.184. The molecule has 2 rings (SSSR count). The topological polar surface area (TPSA) is 63.2 Å². The van der Waals surface area contributed by atoms with E-state index < -0.39 is 0 Å². The Kier molecular flexibility index (Phi) is 5.56. The summed E-state index contributed by atoms with van der Waals surface area (Å²) in [5.41, 5.74) is 1.09. The van der Waals surface area contributed by atoms with E-state index in [0.29, 0.717) is 12.4 Å². The monoisotopic (exact) mass is 291 g/mol. The summed E-state index contributed by atoms with van der Waals surface area (Å²) in [7, 11) is 1.73. The normalized spacial score (nSPS) is 16.7. The number of urea groups is 1. The molecule has 2 amide bonds. The molecule has 0 saturated heterocycles. The predicted octanol–water partition coefficient (Wildman–Crippen LogP) is 3.11. The van der Waals surface area contributed by atoms with Crippen molar-refractivity contribution in [1.82, 2.24) is 10.3 Å². The first kappa shape index (κ1) is 15.8. The van der Waals surface area contributed by atoms with Crippen molar-refractivity contribution in [3.63, 3.8) is 0 Å². The van der Waals surface area contributed by atoms with Crippen molar-refractivity contribution in [2.45, 2.75) is 39.0 Å². The SMILES string of the molecule is COCCC1(CNC(=O)Nc2cccc(C)n2)CCCC1. The zero-order valence-corrected chi connectivity index (χ0v) is 12.9. The zero-order chi connectivity index (χ0) is 15.1. The molecule has 1 aliphatic carbocycles. The van der Waals surface area contributed by atoms with Gasteiger partial charge in [0.05, 0.1) is 0 Å². The number of aromatic nitrogens is 1. The number of carbonyl (C=O) groups excluding carboxylic acids is 1. The van der Waals surface area contributed by atoms with Crippen LogP contribution in [0.15, 0.2) is 18.2 Å². The lowest BCUT2D eigenvalue weighted by molar-refractivity contribution is 0.136. The average molecular weight is 291 g/mol. The molecule has 2 N–H and O–H groups in total. The van der Waals surface area contributed by atoms with E-state index in [1.54, 1.807) is 13.2 Å². The Labute approximate surface area is 126 Å². The van der Waals surface area contributed by atoms with Crippen molar-refractivity contribution in [3.05, 3.63) is 23.9 Å². The maximum Gasteiger partial charge on any atom is 0.320 e. The van der Waals surface area contributed by atoms with Crippen LogP contribution in [-0.4, -0.2) is 31.3 Å².